The van der Waals surface area contributed by atoms with Crippen LogP contribution in [0.1, 0.15) is 5.56 Å². The van der Waals surface area contributed by atoms with E-state index in [1.807, 2.05) is 24.3 Å². The van der Waals surface area contributed by atoms with Crippen LogP contribution in [0, 0.1) is 10.1 Å². The Balaban J connectivity index is 0.00000192. The number of aromatic nitrogens is 2. The number of nitrogens with zero attached hydrogens (tertiary/aromatic N) is 3. The minimum Gasteiger partial charge on any atom is -1.00 e. The van der Waals surface area contributed by atoms with Crippen LogP contribution in [-0.4, -0.2) is 21.3 Å². The van der Waals surface area contributed by atoms with Crippen LogP contribution < -0.4 is 22.9 Å². The van der Waals surface area contributed by atoms with E-state index in [1.165, 1.54) is 12.1 Å². The lowest BCUT2D eigenvalue weighted by Gasteiger charge is -1.99. The summed E-state index contributed by atoms with van der Waals surface area (Å²) < 4.78 is 0. The molecule has 116 valence electrons. The highest BCUT2D eigenvalue weighted by Gasteiger charge is 2.06. The predicted octanol–water partition coefficient (Wildman–Crippen LogP) is -1.93. The van der Waals surface area contributed by atoms with E-state index in [4.69, 9.17) is 0 Å². The molecule has 2 N–H and O–H groups in total. The molecule has 0 saturated carbocycles. The number of non-ortho nitro benzene ring substituents is 1. The summed E-state index contributed by atoms with van der Waals surface area (Å²) in [5.74, 6) is 0.583. The van der Waals surface area contributed by atoms with Gasteiger partial charge >= 0.3 is 0 Å². The zero-order valence-corrected chi connectivity index (χ0v) is 12.6. The Kier molecular flexibility index (Phi) is 5.16. The number of fused-ring (bicyclic) bond motifs is 1. The highest BCUT2D eigenvalue weighted by atomic mass is 35.5. The van der Waals surface area contributed by atoms with Crippen LogP contribution in [0.3, 0.4) is 0 Å². The molecule has 0 fully saturated rings. The topological polar surface area (TPSA) is 94.9 Å². The maximum absolute atomic E-state index is 10.7. The van der Waals surface area contributed by atoms with Gasteiger partial charge in [0.05, 0.1) is 11.1 Å². The molecule has 0 aliphatic carbocycles. The minimum absolute atomic E-state index is 0. The molecule has 0 bridgehead atoms. The average Bonchev–Trinajstić information content (AvgIpc) is 2.55. The van der Waals surface area contributed by atoms with Gasteiger partial charge in [-0.25, -0.2) is 0 Å². The van der Waals surface area contributed by atoms with Crippen LogP contribution in [0.2, 0.25) is 0 Å². The van der Waals surface area contributed by atoms with Gasteiger partial charge in [-0.2, -0.15) is 5.10 Å². The van der Waals surface area contributed by atoms with Crippen molar-refractivity contribution >= 4 is 28.5 Å². The fraction of sp³-hybridized carbons (Fsp3) is 0. The maximum atomic E-state index is 10.7. The molecule has 0 atom stereocenters. The quantitative estimate of drug-likeness (QED) is 0.330. The SMILES string of the molecule is O=[N+]([O-])c1cccc(/C=[NH+]/Nc2nncc3ccccc23)c1.[Cl-]. The van der Waals surface area contributed by atoms with Crippen molar-refractivity contribution in [2.24, 2.45) is 0 Å². The van der Waals surface area contributed by atoms with Gasteiger partial charge in [0, 0.05) is 28.5 Å². The van der Waals surface area contributed by atoms with Crippen molar-refractivity contribution < 1.29 is 22.4 Å². The average molecular weight is 330 g/mol. The number of rotatable bonds is 4. The van der Waals surface area contributed by atoms with Crippen molar-refractivity contribution in [2.45, 2.75) is 0 Å². The van der Waals surface area contributed by atoms with Crippen LogP contribution in [-0.2, 0) is 0 Å². The Morgan fingerprint density at radius 1 is 1.17 bits per heavy atom. The molecule has 0 aliphatic heterocycles. The molecule has 3 aromatic rings. The minimum atomic E-state index is -0.430. The van der Waals surface area contributed by atoms with Crippen molar-refractivity contribution in [1.29, 1.82) is 0 Å². The molecule has 1 aromatic heterocycles. The molecule has 0 unspecified atom stereocenters. The number of nitro benzene ring substituents is 1. The molecule has 7 nitrogen and oxygen atoms in total. The van der Waals surface area contributed by atoms with E-state index in [-0.39, 0.29) is 18.1 Å². The van der Waals surface area contributed by atoms with Crippen molar-refractivity contribution in [3.05, 3.63) is 70.4 Å². The smallest absolute Gasteiger partial charge is 0.270 e. The van der Waals surface area contributed by atoms with E-state index in [1.54, 1.807) is 24.5 Å². The van der Waals surface area contributed by atoms with Crippen molar-refractivity contribution in [3.63, 3.8) is 0 Å². The molecule has 2 aromatic carbocycles. The van der Waals surface area contributed by atoms with E-state index < -0.39 is 4.92 Å². The molecule has 3 rings (SSSR count). The van der Waals surface area contributed by atoms with Gasteiger partial charge in [0.1, 0.15) is 0 Å². The zero-order valence-electron chi connectivity index (χ0n) is 11.8. The van der Waals surface area contributed by atoms with Crippen molar-refractivity contribution in [2.75, 3.05) is 5.43 Å². The summed E-state index contributed by atoms with van der Waals surface area (Å²) in [7, 11) is 0. The van der Waals surface area contributed by atoms with Crippen LogP contribution in [0.4, 0.5) is 11.5 Å². The summed E-state index contributed by atoms with van der Waals surface area (Å²) in [6, 6.07) is 14.0. The fourth-order valence-corrected chi connectivity index (χ4v) is 2.04. The number of benzene rings is 2. The van der Waals surface area contributed by atoms with Gasteiger partial charge in [-0.3, -0.25) is 10.1 Å². The number of halogens is 1. The molecule has 23 heavy (non-hydrogen) atoms. The second-order valence-corrected chi connectivity index (χ2v) is 4.55. The summed E-state index contributed by atoms with van der Waals surface area (Å²) in [6.45, 7) is 0. The summed E-state index contributed by atoms with van der Waals surface area (Å²) in [5, 5.41) is 23.5. The van der Waals surface area contributed by atoms with E-state index in [0.717, 1.165) is 10.8 Å². The standard InChI is InChI=1S/C15H11N5O2.ClH/c21-20(22)13-6-3-4-11(8-13)9-16-18-15-14-7-2-1-5-12(14)10-17-19-15;/h1-10H,(H,18,19);1H/b16-9+;. The molecule has 1 heterocycles. The number of hydrazone groups is 1. The monoisotopic (exact) mass is 329 g/mol. The van der Waals surface area contributed by atoms with Gasteiger partial charge in [-0.05, 0) is 6.07 Å². The second-order valence-electron chi connectivity index (χ2n) is 4.55. The highest BCUT2D eigenvalue weighted by Crippen LogP contribution is 2.17. The number of hydrogen-bond donors (Lipinski definition) is 2. The lowest BCUT2D eigenvalue weighted by molar-refractivity contribution is -0.413. The fourth-order valence-electron chi connectivity index (χ4n) is 2.04. The molecule has 0 radical (unpaired) electrons. The molecule has 0 spiro atoms. The molecule has 8 heteroatoms. The largest absolute Gasteiger partial charge is 1.00 e. The van der Waals surface area contributed by atoms with Crippen LogP contribution in [0.15, 0.2) is 54.7 Å². The van der Waals surface area contributed by atoms with E-state index in [9.17, 15) is 10.1 Å². The van der Waals surface area contributed by atoms with Crippen molar-refractivity contribution in [1.82, 2.24) is 10.2 Å². The summed E-state index contributed by atoms with van der Waals surface area (Å²) in [5.41, 5.74) is 3.65. The van der Waals surface area contributed by atoms with Gasteiger partial charge in [-0.15, -0.1) is 15.6 Å². The predicted molar refractivity (Wildman–Crippen MR) is 82.4 cm³/mol. The third-order valence-corrected chi connectivity index (χ3v) is 3.08. The van der Waals surface area contributed by atoms with Crippen LogP contribution in [0.25, 0.3) is 10.8 Å². The third-order valence-electron chi connectivity index (χ3n) is 3.08. The van der Waals surface area contributed by atoms with Crippen molar-refractivity contribution in [3.8, 4) is 0 Å². The normalized spacial score (nSPS) is 10.4. The first kappa shape index (κ1) is 16.3. The van der Waals surface area contributed by atoms with Gasteiger partial charge in [-0.1, -0.05) is 30.3 Å². The second kappa shape index (κ2) is 7.28. The Labute approximate surface area is 137 Å². The first-order chi connectivity index (χ1) is 10.7. The lowest BCUT2D eigenvalue weighted by atomic mass is 10.2. The summed E-state index contributed by atoms with van der Waals surface area (Å²) in [6.07, 6.45) is 3.31. The summed E-state index contributed by atoms with van der Waals surface area (Å²) in [4.78, 5) is 10.3. The molecular weight excluding hydrogens is 318 g/mol. The first-order valence-electron chi connectivity index (χ1n) is 6.54. The molecule has 0 amide bonds. The van der Waals surface area contributed by atoms with E-state index in [0.29, 0.717) is 11.4 Å². The number of hydrazine groups is 1. The molecule has 0 aliphatic rings. The number of nitro groups is 1. The number of hydrogen-bond acceptors (Lipinski definition) is 5. The molecule has 0 saturated heterocycles. The Hall–Kier alpha value is -3.06. The Morgan fingerprint density at radius 2 is 2.00 bits per heavy atom. The first-order valence-corrected chi connectivity index (χ1v) is 6.54. The van der Waals surface area contributed by atoms with Gasteiger partial charge < -0.3 is 12.4 Å². The van der Waals surface area contributed by atoms with Crippen LogP contribution in [0.5, 0.6) is 0 Å². The maximum Gasteiger partial charge on any atom is 0.270 e. The zero-order chi connectivity index (χ0) is 15.4. The third kappa shape index (κ3) is 3.78. The highest BCUT2D eigenvalue weighted by molar-refractivity contribution is 5.90. The number of nitrogens with one attached hydrogen (secondary N) is 2. The Morgan fingerprint density at radius 3 is 2.83 bits per heavy atom. The summed E-state index contributed by atoms with van der Waals surface area (Å²) >= 11 is 0. The van der Waals surface area contributed by atoms with Gasteiger partial charge in [0.25, 0.3) is 5.69 Å². The lowest BCUT2D eigenvalue weighted by Crippen LogP contribution is -3.00. The van der Waals surface area contributed by atoms with Gasteiger partial charge in [0.15, 0.2) is 6.21 Å². The van der Waals surface area contributed by atoms with Gasteiger partial charge in [0.2, 0.25) is 5.82 Å². The van der Waals surface area contributed by atoms with Crippen LogP contribution >= 0.6 is 0 Å². The Bertz CT molecular complexity index is 864. The molecular formula is C15H12ClN5O2. The number of anilines is 1. The van der Waals surface area contributed by atoms with E-state index >= 15 is 0 Å². The van der Waals surface area contributed by atoms with E-state index in [2.05, 4.69) is 20.7 Å².